The first-order valence-corrected chi connectivity index (χ1v) is 9.55. The fourth-order valence-corrected chi connectivity index (χ4v) is 3.90. The van der Waals surface area contributed by atoms with Crippen LogP contribution in [0.5, 0.6) is 0 Å². The summed E-state index contributed by atoms with van der Waals surface area (Å²) in [6.45, 7) is 3.67. The third-order valence-corrected chi connectivity index (χ3v) is 5.76. The van der Waals surface area contributed by atoms with E-state index in [1.165, 1.54) is 29.7 Å². The molecule has 146 valence electrons. The van der Waals surface area contributed by atoms with Crippen LogP contribution >= 0.6 is 11.8 Å². The molecule has 0 saturated heterocycles. The first-order valence-electron chi connectivity index (χ1n) is 8.57. The summed E-state index contributed by atoms with van der Waals surface area (Å²) in [7, 11) is 0. The summed E-state index contributed by atoms with van der Waals surface area (Å²) in [6.07, 6.45) is 1.38. The van der Waals surface area contributed by atoms with Gasteiger partial charge in [-0.25, -0.2) is 9.50 Å². The van der Waals surface area contributed by atoms with Crippen molar-refractivity contribution in [2.75, 3.05) is 12.3 Å². The van der Waals surface area contributed by atoms with Crippen LogP contribution < -0.4 is 10.7 Å². The number of pyridine rings is 1. The second-order valence-corrected chi connectivity index (χ2v) is 7.88. The maximum absolute atomic E-state index is 12.5. The van der Waals surface area contributed by atoms with E-state index in [9.17, 15) is 14.4 Å². The highest BCUT2D eigenvalue weighted by atomic mass is 32.2. The lowest BCUT2D eigenvalue weighted by molar-refractivity contribution is -0.135. The van der Waals surface area contributed by atoms with E-state index in [-0.39, 0.29) is 16.6 Å². The van der Waals surface area contributed by atoms with E-state index in [1.807, 2.05) is 18.2 Å². The van der Waals surface area contributed by atoms with Crippen LogP contribution in [0.25, 0.3) is 5.65 Å². The van der Waals surface area contributed by atoms with E-state index in [0.717, 1.165) is 0 Å². The molecule has 3 N–H and O–H groups in total. The first-order chi connectivity index (χ1) is 13.3. The molecule has 28 heavy (non-hydrogen) atoms. The Morgan fingerprint density at radius 2 is 2.00 bits per heavy atom. The number of rotatable bonds is 7. The number of aromatic amines is 1. The summed E-state index contributed by atoms with van der Waals surface area (Å²) in [5.41, 5.74) is 0.513. The number of amides is 1. The summed E-state index contributed by atoms with van der Waals surface area (Å²) < 4.78 is 1.56. The maximum atomic E-state index is 12.5. The van der Waals surface area contributed by atoms with Gasteiger partial charge in [-0.05, 0) is 11.0 Å². The Morgan fingerprint density at radius 1 is 1.29 bits per heavy atom. The molecule has 2 aromatic heterocycles. The molecule has 0 aliphatic carbocycles. The lowest BCUT2D eigenvalue weighted by Gasteiger charge is -2.25. The van der Waals surface area contributed by atoms with Crippen molar-refractivity contribution in [2.24, 2.45) is 0 Å². The largest absolute Gasteiger partial charge is 0.480 e. The van der Waals surface area contributed by atoms with Gasteiger partial charge in [-0.2, -0.15) is 0 Å². The fraction of sp³-hybridized carbons (Fsp3) is 0.263. The van der Waals surface area contributed by atoms with Crippen LogP contribution in [0.2, 0.25) is 0 Å². The third kappa shape index (κ3) is 4.09. The minimum absolute atomic E-state index is 0.139. The number of H-pyrrole nitrogens is 1. The average Bonchev–Trinajstić information content (AvgIpc) is 3.14. The van der Waals surface area contributed by atoms with E-state index in [1.54, 1.807) is 4.52 Å². The van der Waals surface area contributed by atoms with Crippen LogP contribution in [0.3, 0.4) is 0 Å². The van der Waals surface area contributed by atoms with Crippen LogP contribution in [0.15, 0.2) is 52.5 Å². The summed E-state index contributed by atoms with van der Waals surface area (Å²) in [6, 6.07) is 11.4. The van der Waals surface area contributed by atoms with Crippen molar-refractivity contribution >= 4 is 29.3 Å². The molecule has 3 aromatic rings. The molecule has 0 unspecified atom stereocenters. The van der Waals surface area contributed by atoms with E-state index < -0.39 is 23.9 Å². The van der Waals surface area contributed by atoms with Crippen LogP contribution in [0, 0.1) is 0 Å². The molecule has 8 nitrogen and oxygen atoms in total. The Labute approximate surface area is 165 Å². The fourth-order valence-electron chi connectivity index (χ4n) is 2.76. The van der Waals surface area contributed by atoms with Gasteiger partial charge in [0.2, 0.25) is 0 Å². The van der Waals surface area contributed by atoms with Crippen molar-refractivity contribution in [3.05, 3.63) is 64.1 Å². The summed E-state index contributed by atoms with van der Waals surface area (Å²) in [4.78, 5) is 39.5. The molecular weight excluding hydrogens is 380 g/mol. The monoisotopic (exact) mass is 400 g/mol. The van der Waals surface area contributed by atoms with E-state index in [0.29, 0.717) is 10.8 Å². The zero-order valence-electron chi connectivity index (χ0n) is 15.4. The van der Waals surface area contributed by atoms with Gasteiger partial charge in [-0.15, -0.1) is 11.8 Å². The predicted molar refractivity (Wildman–Crippen MR) is 106 cm³/mol. The molecule has 0 spiro atoms. The van der Waals surface area contributed by atoms with E-state index >= 15 is 0 Å². The number of aliphatic carboxylic acids is 1. The maximum Gasteiger partial charge on any atom is 0.322 e. The standard InChI is InChI=1S/C19H20N4O4S/c1-19(2,12-6-4-3-5-7-12)10-28-14-8-13(24)16(17-21-11-22-23(14)17)18(27)20-9-15(25)26/h3-8,11H,9-10H2,1-2H3,(H,20,27)(H,21,22)(H,25,26). The molecule has 0 fully saturated rings. The second-order valence-electron chi connectivity index (χ2n) is 6.88. The van der Waals surface area contributed by atoms with Crippen LogP contribution in [-0.4, -0.2) is 43.9 Å². The average molecular weight is 400 g/mol. The van der Waals surface area contributed by atoms with Crippen molar-refractivity contribution in [3.63, 3.8) is 0 Å². The Morgan fingerprint density at radius 3 is 2.68 bits per heavy atom. The van der Waals surface area contributed by atoms with Crippen LogP contribution in [-0.2, 0) is 10.2 Å². The van der Waals surface area contributed by atoms with Gasteiger partial charge >= 0.3 is 5.97 Å². The minimum Gasteiger partial charge on any atom is -0.480 e. The van der Waals surface area contributed by atoms with E-state index in [4.69, 9.17) is 5.11 Å². The Hall–Kier alpha value is -3.07. The van der Waals surface area contributed by atoms with Gasteiger partial charge in [0.25, 0.3) is 5.91 Å². The first kappa shape index (κ1) is 19.7. The Kier molecular flexibility index (Phi) is 5.55. The van der Waals surface area contributed by atoms with Crippen molar-refractivity contribution < 1.29 is 14.7 Å². The van der Waals surface area contributed by atoms with Crippen LogP contribution in [0.4, 0.5) is 0 Å². The second kappa shape index (κ2) is 7.89. The normalized spacial score (nSPS) is 11.5. The number of fused-ring (bicyclic) bond motifs is 1. The van der Waals surface area contributed by atoms with Gasteiger partial charge in [0.05, 0.1) is 0 Å². The number of nitrogens with zero attached hydrogens (tertiary/aromatic N) is 2. The molecular formula is C19H20N4O4S. The SMILES string of the molecule is CC(C)(CSc1cc(=O)c(C(=O)NCC(=O)O)c2nc[nH]n12)c1ccccc1. The van der Waals surface area contributed by atoms with Crippen molar-refractivity contribution in [3.8, 4) is 0 Å². The molecule has 0 bridgehead atoms. The zero-order valence-corrected chi connectivity index (χ0v) is 16.2. The number of carbonyl (C=O) groups excluding carboxylic acids is 1. The molecule has 1 amide bonds. The third-order valence-electron chi connectivity index (χ3n) is 4.29. The van der Waals surface area contributed by atoms with Gasteiger partial charge in [0, 0.05) is 11.8 Å². The molecule has 0 aliphatic heterocycles. The molecule has 0 saturated carbocycles. The number of carboxylic acids is 1. The van der Waals surface area contributed by atoms with Crippen LogP contribution in [0.1, 0.15) is 29.8 Å². The molecule has 2 heterocycles. The van der Waals surface area contributed by atoms with Crippen molar-refractivity contribution in [1.82, 2.24) is 19.9 Å². The Bertz CT molecular complexity index is 1070. The number of aromatic nitrogens is 3. The number of hydrogen-bond acceptors (Lipinski definition) is 5. The minimum atomic E-state index is -1.19. The number of nitrogens with one attached hydrogen (secondary N) is 2. The lowest BCUT2D eigenvalue weighted by Crippen LogP contribution is -2.33. The molecule has 0 aliphatic rings. The number of thioether (sulfide) groups is 1. The van der Waals surface area contributed by atoms with Crippen molar-refractivity contribution in [1.29, 1.82) is 0 Å². The van der Waals surface area contributed by atoms with Gasteiger partial charge < -0.3 is 10.4 Å². The smallest absolute Gasteiger partial charge is 0.322 e. The predicted octanol–water partition coefficient (Wildman–Crippen LogP) is 1.91. The number of hydrogen-bond donors (Lipinski definition) is 3. The lowest BCUT2D eigenvalue weighted by atomic mass is 9.87. The zero-order chi connectivity index (χ0) is 20.3. The quantitative estimate of drug-likeness (QED) is 0.522. The highest BCUT2D eigenvalue weighted by Gasteiger charge is 2.23. The van der Waals surface area contributed by atoms with Gasteiger partial charge in [0.15, 0.2) is 11.1 Å². The van der Waals surface area contributed by atoms with Gasteiger partial charge in [0.1, 0.15) is 23.5 Å². The number of carboxylic acid groups (broad SMARTS) is 1. The topological polar surface area (TPSA) is 117 Å². The molecule has 9 heteroatoms. The Balaban J connectivity index is 1.89. The summed E-state index contributed by atoms with van der Waals surface area (Å²) in [5, 5.41) is 14.4. The van der Waals surface area contributed by atoms with Gasteiger partial charge in [-0.1, -0.05) is 44.2 Å². The summed E-state index contributed by atoms with van der Waals surface area (Å²) >= 11 is 1.48. The molecule has 3 rings (SSSR count). The van der Waals surface area contributed by atoms with Gasteiger partial charge in [-0.3, -0.25) is 19.5 Å². The van der Waals surface area contributed by atoms with Crippen molar-refractivity contribution in [2.45, 2.75) is 24.3 Å². The molecule has 1 aromatic carbocycles. The molecule has 0 radical (unpaired) electrons. The molecule has 0 atom stereocenters. The highest BCUT2D eigenvalue weighted by Crippen LogP contribution is 2.31. The number of carbonyl (C=O) groups is 2. The highest BCUT2D eigenvalue weighted by molar-refractivity contribution is 7.99. The number of benzene rings is 1. The summed E-state index contributed by atoms with van der Waals surface area (Å²) in [5.74, 6) is -1.26. The van der Waals surface area contributed by atoms with E-state index in [2.05, 4.69) is 41.4 Å².